The summed E-state index contributed by atoms with van der Waals surface area (Å²) in [4.78, 5) is 10.8. The first-order chi connectivity index (χ1) is 5.45. The van der Waals surface area contributed by atoms with Gasteiger partial charge >= 0.3 is 0 Å². The van der Waals surface area contributed by atoms with E-state index in [-0.39, 0.29) is 5.92 Å². The van der Waals surface area contributed by atoms with Crippen LogP contribution in [0.1, 0.15) is 6.92 Å². The number of rotatable bonds is 1. The van der Waals surface area contributed by atoms with Crippen LogP contribution in [0.2, 0.25) is 0 Å². The Balaban J connectivity index is 2.99. The smallest absolute Gasteiger partial charge is 0.248 e. The van der Waals surface area contributed by atoms with Crippen molar-refractivity contribution in [2.75, 3.05) is 0 Å². The molecule has 0 saturated heterocycles. The van der Waals surface area contributed by atoms with E-state index in [1.165, 1.54) is 0 Å². The first-order valence-electron chi connectivity index (χ1n) is 3.42. The molecule has 1 nitrogen and oxygen atoms in total. The lowest BCUT2D eigenvalue weighted by molar-refractivity contribution is -0.109. The van der Waals surface area contributed by atoms with Crippen LogP contribution >= 0.6 is 34.8 Å². The van der Waals surface area contributed by atoms with Crippen LogP contribution in [0.5, 0.6) is 0 Å². The van der Waals surface area contributed by atoms with Gasteiger partial charge in [-0.2, -0.15) is 0 Å². The summed E-state index contributed by atoms with van der Waals surface area (Å²) in [5.41, 5.74) is 0.448. The summed E-state index contributed by atoms with van der Waals surface area (Å²) in [6, 6.07) is 0. The second-order valence-corrected chi connectivity index (χ2v) is 4.44. The maximum absolute atomic E-state index is 10.8. The second-order valence-electron chi connectivity index (χ2n) is 2.65. The fourth-order valence-corrected chi connectivity index (χ4v) is 1.62. The highest BCUT2D eigenvalue weighted by Gasteiger charge is 2.35. The third kappa shape index (κ3) is 1.85. The molecule has 1 atom stereocenters. The molecule has 0 aromatic carbocycles. The molecule has 0 spiro atoms. The molecule has 1 unspecified atom stereocenters. The van der Waals surface area contributed by atoms with Gasteiger partial charge < -0.3 is 0 Å². The van der Waals surface area contributed by atoms with Crippen molar-refractivity contribution in [3.63, 3.8) is 0 Å². The molecule has 4 heteroatoms. The van der Waals surface area contributed by atoms with Gasteiger partial charge in [0.05, 0.1) is 0 Å². The highest BCUT2D eigenvalue weighted by atomic mass is 35.5. The first-order valence-corrected chi connectivity index (χ1v) is 4.55. The van der Waals surface area contributed by atoms with E-state index < -0.39 is 9.58 Å². The van der Waals surface area contributed by atoms with Crippen LogP contribution in [0.4, 0.5) is 0 Å². The zero-order valence-electron chi connectivity index (χ0n) is 6.35. The Morgan fingerprint density at radius 3 is 2.58 bits per heavy atom. The molecule has 66 valence electrons. The van der Waals surface area contributed by atoms with Crippen LogP contribution in [0.3, 0.4) is 0 Å². The number of carbonyl (C=O) groups is 1. The van der Waals surface area contributed by atoms with Crippen molar-refractivity contribution in [3.05, 3.63) is 23.8 Å². The van der Waals surface area contributed by atoms with Crippen LogP contribution in [-0.2, 0) is 4.79 Å². The molecule has 0 aliphatic heterocycles. The SMILES string of the molecule is CC1C(C(=O)Cl)=CC=CC1(Cl)Cl. The summed E-state index contributed by atoms with van der Waals surface area (Å²) in [6.07, 6.45) is 4.89. The zero-order chi connectivity index (χ0) is 9.35. The van der Waals surface area contributed by atoms with Gasteiger partial charge in [-0.05, 0) is 17.7 Å². The topological polar surface area (TPSA) is 17.1 Å². The van der Waals surface area contributed by atoms with Crippen molar-refractivity contribution >= 4 is 40.0 Å². The Labute approximate surface area is 86.0 Å². The average Bonchev–Trinajstić information content (AvgIpc) is 1.94. The Bertz CT molecular complexity index is 265. The van der Waals surface area contributed by atoms with Gasteiger partial charge in [0, 0.05) is 11.5 Å². The van der Waals surface area contributed by atoms with E-state index in [2.05, 4.69) is 0 Å². The molecule has 0 aromatic heterocycles. The largest absolute Gasteiger partial charge is 0.276 e. The van der Waals surface area contributed by atoms with E-state index in [0.717, 1.165) is 0 Å². The van der Waals surface area contributed by atoms with Crippen LogP contribution in [0.25, 0.3) is 0 Å². The van der Waals surface area contributed by atoms with Crippen LogP contribution in [0, 0.1) is 5.92 Å². The van der Waals surface area contributed by atoms with E-state index in [9.17, 15) is 4.79 Å². The molecule has 0 amide bonds. The third-order valence-corrected chi connectivity index (χ3v) is 2.99. The lowest BCUT2D eigenvalue weighted by Crippen LogP contribution is -2.26. The van der Waals surface area contributed by atoms with Crippen molar-refractivity contribution in [1.29, 1.82) is 0 Å². The van der Waals surface area contributed by atoms with Crippen molar-refractivity contribution in [2.24, 2.45) is 5.92 Å². The van der Waals surface area contributed by atoms with Crippen molar-refractivity contribution < 1.29 is 4.79 Å². The fourth-order valence-electron chi connectivity index (χ4n) is 1.01. The summed E-state index contributed by atoms with van der Waals surface area (Å²) < 4.78 is -1.02. The lowest BCUT2D eigenvalue weighted by atomic mass is 9.93. The summed E-state index contributed by atoms with van der Waals surface area (Å²) in [7, 11) is 0. The Hall–Kier alpha value is 0.0200. The molecule has 0 fully saturated rings. The highest BCUT2D eigenvalue weighted by Crippen LogP contribution is 2.39. The maximum atomic E-state index is 10.8. The van der Waals surface area contributed by atoms with E-state index >= 15 is 0 Å². The van der Waals surface area contributed by atoms with Gasteiger partial charge in [0.25, 0.3) is 0 Å². The Kier molecular flexibility index (Phi) is 2.87. The molecule has 1 rings (SSSR count). The van der Waals surface area contributed by atoms with Gasteiger partial charge in [0.2, 0.25) is 5.24 Å². The quantitative estimate of drug-likeness (QED) is 0.495. The maximum Gasteiger partial charge on any atom is 0.248 e. The molecular formula is C8H7Cl3O. The summed E-state index contributed by atoms with van der Waals surface area (Å²) in [6.45, 7) is 1.76. The van der Waals surface area contributed by atoms with E-state index in [1.807, 2.05) is 0 Å². The molecule has 0 radical (unpaired) electrons. The average molecular weight is 226 g/mol. The monoisotopic (exact) mass is 224 g/mol. The minimum Gasteiger partial charge on any atom is -0.276 e. The lowest BCUT2D eigenvalue weighted by Gasteiger charge is -2.26. The van der Waals surface area contributed by atoms with Crippen molar-refractivity contribution in [3.8, 4) is 0 Å². The number of halogens is 3. The summed E-state index contributed by atoms with van der Waals surface area (Å²) in [5.74, 6) is -0.268. The molecule has 1 aliphatic rings. The number of allylic oxidation sites excluding steroid dienone is 4. The van der Waals surface area contributed by atoms with Crippen LogP contribution in [0.15, 0.2) is 23.8 Å². The molecule has 1 aliphatic carbocycles. The van der Waals surface area contributed by atoms with Gasteiger partial charge in [0.15, 0.2) is 0 Å². The van der Waals surface area contributed by atoms with Crippen LogP contribution < -0.4 is 0 Å². The molecular weight excluding hydrogens is 218 g/mol. The van der Waals surface area contributed by atoms with Gasteiger partial charge in [-0.15, -0.1) is 0 Å². The third-order valence-electron chi connectivity index (χ3n) is 1.87. The van der Waals surface area contributed by atoms with Crippen LogP contribution in [-0.4, -0.2) is 9.58 Å². The molecule has 0 saturated carbocycles. The van der Waals surface area contributed by atoms with Gasteiger partial charge in [-0.1, -0.05) is 42.3 Å². The fraction of sp³-hybridized carbons (Fsp3) is 0.375. The van der Waals surface area contributed by atoms with E-state index in [4.69, 9.17) is 34.8 Å². The zero-order valence-corrected chi connectivity index (χ0v) is 8.62. The van der Waals surface area contributed by atoms with Gasteiger partial charge in [-0.25, -0.2) is 0 Å². The molecule has 0 N–H and O–H groups in total. The Morgan fingerprint density at radius 2 is 2.17 bits per heavy atom. The molecule has 0 bridgehead atoms. The van der Waals surface area contributed by atoms with Gasteiger partial charge in [0.1, 0.15) is 4.33 Å². The number of hydrogen-bond acceptors (Lipinski definition) is 1. The standard InChI is InChI=1S/C8H7Cl3O/c1-5-6(7(9)12)3-2-4-8(5,10)11/h2-5H,1H3. The minimum atomic E-state index is -1.02. The summed E-state index contributed by atoms with van der Waals surface area (Å²) in [5, 5.41) is -0.502. The number of alkyl halides is 2. The number of hydrogen-bond donors (Lipinski definition) is 0. The summed E-state index contributed by atoms with van der Waals surface area (Å²) >= 11 is 17.1. The first kappa shape index (κ1) is 10.1. The van der Waals surface area contributed by atoms with Crippen molar-refractivity contribution in [1.82, 2.24) is 0 Å². The second kappa shape index (κ2) is 3.41. The predicted molar refractivity (Wildman–Crippen MR) is 51.7 cm³/mol. The predicted octanol–water partition coefficient (Wildman–Crippen LogP) is 3.06. The molecule has 0 heterocycles. The van der Waals surface area contributed by atoms with Gasteiger partial charge in [-0.3, -0.25) is 4.79 Å². The normalized spacial score (nSPS) is 26.7. The van der Waals surface area contributed by atoms with E-state index in [1.54, 1.807) is 25.2 Å². The minimum absolute atomic E-state index is 0.268. The number of carbonyl (C=O) groups excluding carboxylic acids is 1. The Morgan fingerprint density at radius 1 is 1.58 bits per heavy atom. The van der Waals surface area contributed by atoms with E-state index in [0.29, 0.717) is 5.57 Å². The molecule has 12 heavy (non-hydrogen) atoms. The van der Waals surface area contributed by atoms with Crippen molar-refractivity contribution in [2.45, 2.75) is 11.3 Å². The molecule has 0 aromatic rings. The highest BCUT2D eigenvalue weighted by molar-refractivity contribution is 6.68.